The maximum atomic E-state index is 11.7. The van der Waals surface area contributed by atoms with Gasteiger partial charge in [0.25, 0.3) is 5.56 Å². The van der Waals surface area contributed by atoms with E-state index < -0.39 is 5.56 Å². The van der Waals surface area contributed by atoms with Crippen molar-refractivity contribution in [1.29, 1.82) is 0 Å². The molecule has 25 heavy (non-hydrogen) atoms. The van der Waals surface area contributed by atoms with Crippen molar-refractivity contribution < 1.29 is 4.74 Å². The first kappa shape index (κ1) is 17.2. The standard InChI is InChI=1S/C17H13BrN4O2S/c18-14-7-5-12(6-8-14)11-24-15-4-2-1-3-13(15)9-20-22-16(23)10-19-21-17(22)25/h1-10H,11H2,(H,21,25)/b20-9+. The number of hydrogen-bond donors (Lipinski definition) is 1. The minimum atomic E-state index is -0.409. The Morgan fingerprint density at radius 3 is 2.76 bits per heavy atom. The molecule has 126 valence electrons. The lowest BCUT2D eigenvalue weighted by Gasteiger charge is -2.09. The third-order valence-electron chi connectivity index (χ3n) is 3.28. The lowest BCUT2D eigenvalue weighted by molar-refractivity contribution is 0.306. The summed E-state index contributed by atoms with van der Waals surface area (Å²) in [5, 5.41) is 10.3. The van der Waals surface area contributed by atoms with Gasteiger partial charge in [0.05, 0.1) is 6.21 Å². The van der Waals surface area contributed by atoms with Crippen LogP contribution in [0.2, 0.25) is 0 Å². The van der Waals surface area contributed by atoms with Gasteiger partial charge in [-0.1, -0.05) is 40.2 Å². The van der Waals surface area contributed by atoms with Crippen LogP contribution in [0, 0.1) is 4.77 Å². The quantitative estimate of drug-likeness (QED) is 0.509. The van der Waals surface area contributed by atoms with Crippen LogP contribution in [0.4, 0.5) is 0 Å². The highest BCUT2D eigenvalue weighted by atomic mass is 79.9. The molecule has 3 rings (SSSR count). The van der Waals surface area contributed by atoms with Crippen LogP contribution in [0.1, 0.15) is 11.1 Å². The number of para-hydroxylation sites is 1. The van der Waals surface area contributed by atoms with Crippen molar-refractivity contribution in [3.05, 3.63) is 85.5 Å². The molecule has 3 aromatic rings. The zero-order chi connectivity index (χ0) is 17.6. The molecule has 1 aromatic heterocycles. The Hall–Kier alpha value is -2.58. The van der Waals surface area contributed by atoms with E-state index in [0.29, 0.717) is 12.4 Å². The number of hydrogen-bond acceptors (Lipinski definition) is 5. The highest BCUT2D eigenvalue weighted by molar-refractivity contribution is 9.10. The molecule has 0 fully saturated rings. The summed E-state index contributed by atoms with van der Waals surface area (Å²) in [6, 6.07) is 15.3. The summed E-state index contributed by atoms with van der Waals surface area (Å²) in [6.07, 6.45) is 2.64. The van der Waals surface area contributed by atoms with E-state index in [-0.39, 0.29) is 4.77 Å². The summed E-state index contributed by atoms with van der Waals surface area (Å²) < 4.78 is 8.07. The lowest BCUT2D eigenvalue weighted by atomic mass is 10.2. The lowest BCUT2D eigenvalue weighted by Crippen LogP contribution is -2.18. The summed E-state index contributed by atoms with van der Waals surface area (Å²) in [4.78, 5) is 11.7. The van der Waals surface area contributed by atoms with Gasteiger partial charge in [-0.05, 0) is 42.0 Å². The SMILES string of the molecule is O=c1cn[nH]c(=S)n1/N=C/c1ccccc1OCc1ccc(Br)cc1. The number of nitrogens with zero attached hydrogens (tertiary/aromatic N) is 3. The molecule has 6 nitrogen and oxygen atoms in total. The molecule has 0 amide bonds. The molecule has 0 spiro atoms. The van der Waals surface area contributed by atoms with E-state index in [1.807, 2.05) is 48.5 Å². The van der Waals surface area contributed by atoms with Crippen LogP contribution in [0.5, 0.6) is 5.75 Å². The number of H-pyrrole nitrogens is 1. The van der Waals surface area contributed by atoms with Crippen LogP contribution in [-0.2, 0) is 6.61 Å². The Balaban J connectivity index is 1.81. The van der Waals surface area contributed by atoms with Crippen molar-refractivity contribution >= 4 is 34.4 Å². The van der Waals surface area contributed by atoms with Crippen LogP contribution >= 0.6 is 28.1 Å². The van der Waals surface area contributed by atoms with Gasteiger partial charge in [0.2, 0.25) is 4.77 Å². The smallest absolute Gasteiger partial charge is 0.293 e. The number of nitrogens with one attached hydrogen (secondary N) is 1. The predicted octanol–water partition coefficient (Wildman–Crippen LogP) is 3.52. The van der Waals surface area contributed by atoms with Crippen LogP contribution in [-0.4, -0.2) is 21.1 Å². The minimum Gasteiger partial charge on any atom is -0.488 e. The molecule has 0 aliphatic carbocycles. The largest absolute Gasteiger partial charge is 0.488 e. The average Bonchev–Trinajstić information content (AvgIpc) is 2.62. The Labute approximate surface area is 156 Å². The van der Waals surface area contributed by atoms with Gasteiger partial charge in [0.15, 0.2) is 0 Å². The van der Waals surface area contributed by atoms with Gasteiger partial charge < -0.3 is 4.74 Å². The van der Waals surface area contributed by atoms with Crippen LogP contribution in [0.15, 0.2) is 69.1 Å². The first-order valence-corrected chi connectivity index (χ1v) is 8.51. The molecule has 0 aliphatic rings. The Morgan fingerprint density at radius 2 is 2.00 bits per heavy atom. The maximum absolute atomic E-state index is 11.7. The van der Waals surface area contributed by atoms with Gasteiger partial charge >= 0.3 is 0 Å². The first-order chi connectivity index (χ1) is 12.1. The summed E-state index contributed by atoms with van der Waals surface area (Å²) >= 11 is 8.42. The van der Waals surface area contributed by atoms with E-state index in [2.05, 4.69) is 31.2 Å². The number of ether oxygens (including phenoxy) is 1. The van der Waals surface area contributed by atoms with Crippen LogP contribution < -0.4 is 10.3 Å². The number of aromatic nitrogens is 3. The fraction of sp³-hybridized carbons (Fsp3) is 0.0588. The second-order valence-electron chi connectivity index (χ2n) is 5.02. The highest BCUT2D eigenvalue weighted by Gasteiger charge is 2.02. The summed E-state index contributed by atoms with van der Waals surface area (Å²) in [6.45, 7) is 0.424. The normalized spacial score (nSPS) is 10.9. The van der Waals surface area contributed by atoms with Gasteiger partial charge in [-0.2, -0.15) is 14.9 Å². The third-order valence-corrected chi connectivity index (χ3v) is 4.07. The van der Waals surface area contributed by atoms with Crippen molar-refractivity contribution in [2.75, 3.05) is 0 Å². The monoisotopic (exact) mass is 416 g/mol. The van der Waals surface area contributed by atoms with Crippen molar-refractivity contribution in [3.8, 4) is 5.75 Å². The second kappa shape index (κ2) is 8.00. The van der Waals surface area contributed by atoms with Crippen molar-refractivity contribution in [1.82, 2.24) is 14.9 Å². The average molecular weight is 417 g/mol. The molecular weight excluding hydrogens is 404 g/mol. The van der Waals surface area contributed by atoms with Crippen molar-refractivity contribution in [3.63, 3.8) is 0 Å². The highest BCUT2D eigenvalue weighted by Crippen LogP contribution is 2.18. The third kappa shape index (κ3) is 4.49. The molecule has 1 N–H and O–H groups in total. The molecular formula is C17H13BrN4O2S. The summed E-state index contributed by atoms with van der Waals surface area (Å²) in [7, 11) is 0. The van der Waals surface area contributed by atoms with Crippen LogP contribution in [0.25, 0.3) is 0 Å². The second-order valence-corrected chi connectivity index (χ2v) is 6.33. The Morgan fingerprint density at radius 1 is 1.24 bits per heavy atom. The molecule has 0 aliphatic heterocycles. The molecule has 0 saturated carbocycles. The fourth-order valence-electron chi connectivity index (χ4n) is 2.03. The van der Waals surface area contributed by atoms with Crippen LogP contribution in [0.3, 0.4) is 0 Å². The zero-order valence-corrected chi connectivity index (χ0v) is 15.3. The molecule has 1 heterocycles. The van der Waals surface area contributed by atoms with Gasteiger partial charge in [0.1, 0.15) is 18.6 Å². The molecule has 0 saturated heterocycles. The van der Waals surface area contributed by atoms with E-state index in [9.17, 15) is 4.79 Å². The Bertz CT molecular complexity index is 984. The molecule has 0 atom stereocenters. The number of halogens is 1. The topological polar surface area (TPSA) is 72.3 Å². The van der Waals surface area contributed by atoms with E-state index in [1.54, 1.807) is 0 Å². The van der Waals surface area contributed by atoms with Gasteiger partial charge in [-0.25, -0.2) is 0 Å². The molecule has 8 heteroatoms. The molecule has 0 bridgehead atoms. The van der Waals surface area contributed by atoms with E-state index in [1.165, 1.54) is 6.21 Å². The maximum Gasteiger partial charge on any atom is 0.293 e. The van der Waals surface area contributed by atoms with Gasteiger partial charge in [0, 0.05) is 10.0 Å². The Kier molecular flexibility index (Phi) is 5.52. The van der Waals surface area contributed by atoms with Crippen molar-refractivity contribution in [2.45, 2.75) is 6.61 Å². The summed E-state index contributed by atoms with van der Waals surface area (Å²) in [5.74, 6) is 0.658. The fourth-order valence-corrected chi connectivity index (χ4v) is 2.49. The van der Waals surface area contributed by atoms with Gasteiger partial charge in [-0.15, -0.1) is 0 Å². The predicted molar refractivity (Wildman–Crippen MR) is 102 cm³/mol. The van der Waals surface area contributed by atoms with Crippen molar-refractivity contribution in [2.24, 2.45) is 5.10 Å². The number of benzene rings is 2. The van der Waals surface area contributed by atoms with E-state index in [4.69, 9.17) is 17.0 Å². The molecule has 2 aromatic carbocycles. The number of aromatic amines is 1. The molecule has 0 radical (unpaired) electrons. The molecule has 0 unspecified atom stereocenters. The van der Waals surface area contributed by atoms with E-state index in [0.717, 1.165) is 26.5 Å². The first-order valence-electron chi connectivity index (χ1n) is 7.31. The van der Waals surface area contributed by atoms with E-state index >= 15 is 0 Å². The number of rotatable bonds is 5. The summed E-state index contributed by atoms with van der Waals surface area (Å²) in [5.41, 5.74) is 1.37. The zero-order valence-electron chi connectivity index (χ0n) is 12.9. The van der Waals surface area contributed by atoms with Gasteiger partial charge in [-0.3, -0.25) is 9.89 Å². The minimum absolute atomic E-state index is 0.122.